The van der Waals surface area contributed by atoms with Crippen LogP contribution in [0.1, 0.15) is 18.2 Å². The molecular formula is C12H13N3O2. The van der Waals surface area contributed by atoms with Crippen molar-refractivity contribution in [1.29, 1.82) is 0 Å². The average Bonchev–Trinajstić information content (AvgIpc) is 2.57. The number of carbonyl (C=O) groups excluding carboxylic acids is 1. The Morgan fingerprint density at radius 2 is 2.29 bits per heavy atom. The highest BCUT2D eigenvalue weighted by Gasteiger charge is 2.10. The molecule has 5 nitrogen and oxygen atoms in total. The lowest BCUT2D eigenvalue weighted by atomic mass is 10.3. The second-order valence-electron chi connectivity index (χ2n) is 3.50. The molecule has 0 aliphatic heterocycles. The number of hydrogen-bond acceptors (Lipinski definition) is 3. The third-order valence-electron chi connectivity index (χ3n) is 2.34. The molecule has 1 amide bonds. The van der Waals surface area contributed by atoms with Crippen molar-refractivity contribution in [2.45, 2.75) is 6.42 Å². The van der Waals surface area contributed by atoms with Crippen molar-refractivity contribution in [3.8, 4) is 0 Å². The minimum Gasteiger partial charge on any atom is -0.365 e. The van der Waals surface area contributed by atoms with Gasteiger partial charge in [-0.05, 0) is 18.6 Å². The van der Waals surface area contributed by atoms with E-state index in [2.05, 4.69) is 4.98 Å². The van der Waals surface area contributed by atoms with Gasteiger partial charge in [-0.25, -0.2) is 4.98 Å². The standard InChI is InChI=1S/C12H11N3O2.H2/c13-11(16)10-7-14-8-15(12(10)17)9-5-3-1-2-4-6-9;/h1,3-8H,2H2,(H2,13,16);1H. The summed E-state index contributed by atoms with van der Waals surface area (Å²) in [5.41, 5.74) is 5.18. The molecule has 0 atom stereocenters. The van der Waals surface area contributed by atoms with Gasteiger partial charge in [0, 0.05) is 13.3 Å². The number of nitrogens with zero attached hydrogens (tertiary/aromatic N) is 2. The fraction of sp³-hybridized carbons (Fsp3) is 0.0833. The molecule has 0 aromatic carbocycles. The Morgan fingerprint density at radius 1 is 1.47 bits per heavy atom. The molecule has 0 unspecified atom stereocenters. The Labute approximate surface area is 99.1 Å². The van der Waals surface area contributed by atoms with Gasteiger partial charge in [0.2, 0.25) is 0 Å². The summed E-state index contributed by atoms with van der Waals surface area (Å²) in [5.74, 6) is -0.773. The molecule has 0 saturated carbocycles. The first-order chi connectivity index (χ1) is 8.20. The van der Waals surface area contributed by atoms with Crippen LogP contribution in [-0.2, 0) is 0 Å². The van der Waals surface area contributed by atoms with E-state index in [1.807, 2.05) is 18.2 Å². The predicted molar refractivity (Wildman–Crippen MR) is 66.3 cm³/mol. The molecule has 1 aliphatic rings. The summed E-state index contributed by atoms with van der Waals surface area (Å²) < 4.78 is 1.30. The second kappa shape index (κ2) is 4.61. The van der Waals surface area contributed by atoms with E-state index >= 15 is 0 Å². The fourth-order valence-electron chi connectivity index (χ4n) is 1.49. The lowest BCUT2D eigenvalue weighted by molar-refractivity contribution is 0.0998. The number of nitrogens with two attached hydrogens (primary N) is 1. The normalized spacial score (nSPS) is 14.2. The highest BCUT2D eigenvalue weighted by atomic mass is 16.2. The summed E-state index contributed by atoms with van der Waals surface area (Å²) in [6, 6.07) is 0. The van der Waals surface area contributed by atoms with Gasteiger partial charge in [-0.3, -0.25) is 14.2 Å². The lowest BCUT2D eigenvalue weighted by Crippen LogP contribution is -2.29. The van der Waals surface area contributed by atoms with E-state index in [4.69, 9.17) is 5.73 Å². The van der Waals surface area contributed by atoms with E-state index in [9.17, 15) is 9.59 Å². The van der Waals surface area contributed by atoms with E-state index in [-0.39, 0.29) is 6.99 Å². The molecule has 0 radical (unpaired) electrons. The maximum atomic E-state index is 11.9. The molecule has 5 heteroatoms. The Morgan fingerprint density at radius 3 is 3.06 bits per heavy atom. The third kappa shape index (κ3) is 2.23. The van der Waals surface area contributed by atoms with Gasteiger partial charge in [-0.1, -0.05) is 18.2 Å². The second-order valence-corrected chi connectivity index (χ2v) is 3.50. The SMILES string of the molecule is NC(=O)c1cncn(C2=CC=CCC=C2)c1=O.[HH]. The first-order valence-electron chi connectivity index (χ1n) is 5.10. The van der Waals surface area contributed by atoms with Crippen LogP contribution in [0.4, 0.5) is 0 Å². The smallest absolute Gasteiger partial charge is 0.270 e. The molecule has 1 aromatic rings. The summed E-state index contributed by atoms with van der Waals surface area (Å²) in [6.07, 6.45) is 12.6. The van der Waals surface area contributed by atoms with Crippen LogP contribution in [0.2, 0.25) is 0 Å². The largest absolute Gasteiger partial charge is 0.365 e. The monoisotopic (exact) mass is 231 g/mol. The number of aromatic nitrogens is 2. The van der Waals surface area contributed by atoms with E-state index < -0.39 is 11.5 Å². The van der Waals surface area contributed by atoms with Crippen molar-refractivity contribution >= 4 is 11.6 Å². The van der Waals surface area contributed by atoms with E-state index in [1.165, 1.54) is 17.1 Å². The Bertz CT molecular complexity index is 600. The first-order valence-corrected chi connectivity index (χ1v) is 5.10. The molecule has 1 aliphatic carbocycles. The lowest BCUT2D eigenvalue weighted by Gasteiger charge is -2.05. The minimum atomic E-state index is -0.773. The number of rotatable bonds is 2. The molecule has 0 spiro atoms. The Balaban J connectivity index is 0.00000162. The molecule has 2 rings (SSSR count). The van der Waals surface area contributed by atoms with Crippen LogP contribution in [-0.4, -0.2) is 15.5 Å². The number of allylic oxidation sites excluding steroid dienone is 6. The van der Waals surface area contributed by atoms with Crippen LogP contribution in [0.5, 0.6) is 0 Å². The van der Waals surface area contributed by atoms with Crippen molar-refractivity contribution in [2.75, 3.05) is 0 Å². The summed E-state index contributed by atoms with van der Waals surface area (Å²) >= 11 is 0. The van der Waals surface area contributed by atoms with Crippen LogP contribution in [0.25, 0.3) is 5.70 Å². The molecular weight excluding hydrogens is 218 g/mol. The van der Waals surface area contributed by atoms with Crippen molar-refractivity contribution in [1.82, 2.24) is 9.55 Å². The molecule has 0 fully saturated rings. The van der Waals surface area contributed by atoms with Gasteiger partial charge in [0.1, 0.15) is 11.9 Å². The highest BCUT2D eigenvalue weighted by molar-refractivity contribution is 5.92. The molecule has 2 N–H and O–H groups in total. The summed E-state index contributed by atoms with van der Waals surface area (Å²) in [5, 5.41) is 0. The maximum Gasteiger partial charge on any atom is 0.270 e. The zero-order chi connectivity index (χ0) is 12.3. The van der Waals surface area contributed by atoms with Crippen LogP contribution in [0.3, 0.4) is 0 Å². The average molecular weight is 231 g/mol. The third-order valence-corrected chi connectivity index (χ3v) is 2.34. The number of hydrogen-bond donors (Lipinski definition) is 1. The van der Waals surface area contributed by atoms with Crippen LogP contribution in [0.15, 0.2) is 47.7 Å². The van der Waals surface area contributed by atoms with Crippen molar-refractivity contribution in [3.05, 3.63) is 58.8 Å². The van der Waals surface area contributed by atoms with Gasteiger partial charge in [0.25, 0.3) is 11.5 Å². The van der Waals surface area contributed by atoms with Gasteiger partial charge >= 0.3 is 0 Å². The Hall–Kier alpha value is -2.43. The molecule has 88 valence electrons. The topological polar surface area (TPSA) is 78.0 Å². The Kier molecular flexibility index (Phi) is 3.00. The number of carbonyl (C=O) groups is 1. The maximum absolute atomic E-state index is 11.9. The zero-order valence-electron chi connectivity index (χ0n) is 9.04. The number of primary amides is 1. The van der Waals surface area contributed by atoms with E-state index in [1.54, 1.807) is 12.2 Å². The van der Waals surface area contributed by atoms with E-state index in [0.29, 0.717) is 5.70 Å². The van der Waals surface area contributed by atoms with Gasteiger partial charge < -0.3 is 5.73 Å². The van der Waals surface area contributed by atoms with Gasteiger partial charge in [0.05, 0.1) is 0 Å². The van der Waals surface area contributed by atoms with Crippen molar-refractivity contribution in [2.24, 2.45) is 5.73 Å². The molecule has 0 saturated heterocycles. The highest BCUT2D eigenvalue weighted by Crippen LogP contribution is 2.08. The van der Waals surface area contributed by atoms with Gasteiger partial charge in [-0.2, -0.15) is 0 Å². The predicted octanol–water partition coefficient (Wildman–Crippen LogP) is 0.945. The summed E-state index contributed by atoms with van der Waals surface area (Å²) in [6.45, 7) is 0. The summed E-state index contributed by atoms with van der Waals surface area (Å²) in [7, 11) is 0. The number of amides is 1. The molecule has 17 heavy (non-hydrogen) atoms. The zero-order valence-corrected chi connectivity index (χ0v) is 9.04. The first kappa shape index (κ1) is 11.1. The minimum absolute atomic E-state index is 0. The van der Waals surface area contributed by atoms with Crippen LogP contribution in [0, 0.1) is 0 Å². The van der Waals surface area contributed by atoms with E-state index in [0.717, 1.165) is 6.42 Å². The van der Waals surface area contributed by atoms with Crippen LogP contribution < -0.4 is 11.3 Å². The van der Waals surface area contributed by atoms with Gasteiger partial charge in [-0.15, -0.1) is 0 Å². The van der Waals surface area contributed by atoms with Crippen molar-refractivity contribution < 1.29 is 6.22 Å². The molecule has 1 aromatic heterocycles. The quantitative estimate of drug-likeness (QED) is 0.822. The molecule has 1 heterocycles. The summed E-state index contributed by atoms with van der Waals surface area (Å²) in [4.78, 5) is 26.8. The van der Waals surface area contributed by atoms with Gasteiger partial charge in [0.15, 0.2) is 0 Å². The van der Waals surface area contributed by atoms with Crippen molar-refractivity contribution in [3.63, 3.8) is 0 Å². The van der Waals surface area contributed by atoms with Crippen LogP contribution >= 0.6 is 0 Å². The fourth-order valence-corrected chi connectivity index (χ4v) is 1.49. The molecule has 0 bridgehead atoms.